The van der Waals surface area contributed by atoms with E-state index in [1.165, 1.54) is 23.3 Å². The number of hydrogen-bond donors (Lipinski definition) is 1. The first-order valence-electron chi connectivity index (χ1n) is 9.00. The summed E-state index contributed by atoms with van der Waals surface area (Å²) >= 11 is 0. The lowest BCUT2D eigenvalue weighted by Gasteiger charge is -2.38. The zero-order chi connectivity index (χ0) is 18.5. The van der Waals surface area contributed by atoms with Gasteiger partial charge in [-0.05, 0) is 41.2 Å². The summed E-state index contributed by atoms with van der Waals surface area (Å²) in [5.41, 5.74) is 4.91. The molecule has 0 amide bonds. The Balaban J connectivity index is 1.71. The summed E-state index contributed by atoms with van der Waals surface area (Å²) < 4.78 is 14.6. The molecule has 0 fully saturated rings. The number of non-ortho nitro benzene ring substituents is 1. The molecule has 3 aromatic rings. The van der Waals surface area contributed by atoms with Gasteiger partial charge in [-0.3, -0.25) is 10.1 Å². The highest BCUT2D eigenvalue weighted by atomic mass is 19.1. The van der Waals surface area contributed by atoms with Gasteiger partial charge in [-0.15, -0.1) is 0 Å². The van der Waals surface area contributed by atoms with E-state index in [2.05, 4.69) is 17.4 Å². The standard InChI is InChI=1S/C22H17FN2O2/c23-19-8-4-3-7-16(19)22-18-11-13-5-1-2-6-15(13)21(18)17-12-14(25(26)27)9-10-20(17)24-22/h1-10,12,18,21-22,24H,11H2/t18-,21-,22-/m1/s1. The number of nitro benzene ring substituents is 1. The molecule has 3 aromatic carbocycles. The molecule has 1 N–H and O–H groups in total. The van der Waals surface area contributed by atoms with Crippen LogP contribution in [0.25, 0.3) is 0 Å². The lowest BCUT2D eigenvalue weighted by molar-refractivity contribution is -0.384. The van der Waals surface area contributed by atoms with Crippen LogP contribution in [0, 0.1) is 21.8 Å². The number of halogens is 1. The van der Waals surface area contributed by atoms with Gasteiger partial charge >= 0.3 is 0 Å². The van der Waals surface area contributed by atoms with Gasteiger partial charge in [0.2, 0.25) is 0 Å². The minimum Gasteiger partial charge on any atom is -0.378 e. The summed E-state index contributed by atoms with van der Waals surface area (Å²) in [6.07, 6.45) is 0.814. The van der Waals surface area contributed by atoms with Crippen LogP contribution >= 0.6 is 0 Å². The van der Waals surface area contributed by atoms with Crippen LogP contribution in [0.3, 0.4) is 0 Å². The maximum absolute atomic E-state index is 14.6. The van der Waals surface area contributed by atoms with Crippen molar-refractivity contribution in [2.75, 3.05) is 5.32 Å². The first-order valence-corrected chi connectivity index (χ1v) is 9.00. The van der Waals surface area contributed by atoms with Gasteiger partial charge in [-0.2, -0.15) is 0 Å². The minimum absolute atomic E-state index is 0.0157. The van der Waals surface area contributed by atoms with Gasteiger partial charge in [-0.25, -0.2) is 4.39 Å². The summed E-state index contributed by atoms with van der Waals surface area (Å²) in [6, 6.07) is 19.8. The Hall–Kier alpha value is -3.21. The van der Waals surface area contributed by atoms with Crippen molar-refractivity contribution in [3.05, 3.63) is 105 Å². The van der Waals surface area contributed by atoms with Gasteiger partial charge in [0.1, 0.15) is 5.82 Å². The average molecular weight is 360 g/mol. The summed E-state index contributed by atoms with van der Waals surface area (Å²) in [7, 11) is 0. The van der Waals surface area contributed by atoms with Crippen LogP contribution in [0.1, 0.15) is 34.2 Å². The van der Waals surface area contributed by atoms with Crippen LogP contribution in [-0.4, -0.2) is 4.92 Å². The van der Waals surface area contributed by atoms with E-state index in [9.17, 15) is 14.5 Å². The third-order valence-corrected chi connectivity index (χ3v) is 5.83. The van der Waals surface area contributed by atoms with E-state index >= 15 is 0 Å². The fourth-order valence-electron chi connectivity index (χ4n) is 4.70. The second-order valence-electron chi connectivity index (χ2n) is 7.22. The molecule has 3 atom stereocenters. The van der Waals surface area contributed by atoms with Gasteiger partial charge < -0.3 is 5.32 Å². The summed E-state index contributed by atoms with van der Waals surface area (Å²) in [5.74, 6) is -0.106. The molecule has 5 heteroatoms. The van der Waals surface area contributed by atoms with Crippen molar-refractivity contribution >= 4 is 11.4 Å². The molecule has 0 saturated heterocycles. The molecule has 0 radical (unpaired) electrons. The van der Waals surface area contributed by atoms with Crippen LogP contribution in [0.5, 0.6) is 0 Å². The predicted octanol–water partition coefficient (Wildman–Crippen LogP) is 5.20. The Kier molecular flexibility index (Phi) is 3.50. The summed E-state index contributed by atoms with van der Waals surface area (Å²) in [6.45, 7) is 0. The molecule has 0 bridgehead atoms. The Morgan fingerprint density at radius 1 is 0.963 bits per heavy atom. The number of nitro groups is 1. The molecular formula is C22H17FN2O2. The van der Waals surface area contributed by atoms with E-state index in [4.69, 9.17) is 0 Å². The molecule has 1 aliphatic heterocycles. The lowest BCUT2D eigenvalue weighted by Crippen LogP contribution is -2.31. The Bertz CT molecular complexity index is 1070. The largest absolute Gasteiger partial charge is 0.378 e. The van der Waals surface area contributed by atoms with Crippen molar-refractivity contribution in [3.8, 4) is 0 Å². The first-order chi connectivity index (χ1) is 13.1. The van der Waals surface area contributed by atoms with Crippen LogP contribution in [-0.2, 0) is 6.42 Å². The smallest absolute Gasteiger partial charge is 0.269 e. The molecule has 0 unspecified atom stereocenters. The molecule has 1 heterocycles. The number of nitrogens with zero attached hydrogens (tertiary/aromatic N) is 1. The zero-order valence-corrected chi connectivity index (χ0v) is 14.4. The van der Waals surface area contributed by atoms with Crippen molar-refractivity contribution in [1.29, 1.82) is 0 Å². The Morgan fingerprint density at radius 3 is 2.48 bits per heavy atom. The normalized spacial score (nSPS) is 22.3. The average Bonchev–Trinajstić information content (AvgIpc) is 3.07. The number of benzene rings is 3. The van der Waals surface area contributed by atoms with Crippen LogP contribution in [0.4, 0.5) is 15.8 Å². The van der Waals surface area contributed by atoms with Gasteiger partial charge in [0, 0.05) is 29.3 Å². The minimum atomic E-state index is -0.362. The van der Waals surface area contributed by atoms with E-state index < -0.39 is 0 Å². The third-order valence-electron chi connectivity index (χ3n) is 5.83. The number of fused-ring (bicyclic) bond motifs is 5. The second kappa shape index (κ2) is 5.91. The topological polar surface area (TPSA) is 55.2 Å². The molecule has 27 heavy (non-hydrogen) atoms. The summed E-state index contributed by atoms with van der Waals surface area (Å²) in [5, 5.41) is 14.8. The number of hydrogen-bond acceptors (Lipinski definition) is 3. The summed E-state index contributed by atoms with van der Waals surface area (Å²) in [4.78, 5) is 10.9. The SMILES string of the molecule is O=[N+]([O-])c1ccc2c(c1)[C@H]1c3ccccc3C[C@H]1[C@@H](c1ccccc1F)N2. The highest BCUT2D eigenvalue weighted by Crippen LogP contribution is 2.54. The second-order valence-corrected chi connectivity index (χ2v) is 7.22. The van der Waals surface area contributed by atoms with Crippen LogP contribution in [0.2, 0.25) is 0 Å². The van der Waals surface area contributed by atoms with E-state index in [0.717, 1.165) is 17.7 Å². The lowest BCUT2D eigenvalue weighted by atomic mass is 9.75. The molecule has 0 saturated carbocycles. The quantitative estimate of drug-likeness (QED) is 0.504. The van der Waals surface area contributed by atoms with Crippen molar-refractivity contribution in [3.63, 3.8) is 0 Å². The molecule has 4 nitrogen and oxygen atoms in total. The van der Waals surface area contributed by atoms with Crippen molar-refractivity contribution in [2.45, 2.75) is 18.4 Å². The Labute approximate surface area is 155 Å². The molecule has 134 valence electrons. The fourth-order valence-corrected chi connectivity index (χ4v) is 4.70. The van der Waals surface area contributed by atoms with Gasteiger partial charge in [-0.1, -0.05) is 42.5 Å². The van der Waals surface area contributed by atoms with Crippen molar-refractivity contribution in [2.24, 2.45) is 5.92 Å². The fraction of sp³-hybridized carbons (Fsp3) is 0.182. The molecule has 0 spiro atoms. The van der Waals surface area contributed by atoms with Crippen LogP contribution < -0.4 is 5.32 Å². The van der Waals surface area contributed by atoms with Gasteiger partial charge in [0.05, 0.1) is 11.0 Å². The van der Waals surface area contributed by atoms with Gasteiger partial charge in [0.15, 0.2) is 0 Å². The van der Waals surface area contributed by atoms with Gasteiger partial charge in [0.25, 0.3) is 5.69 Å². The van der Waals surface area contributed by atoms with E-state index in [1.54, 1.807) is 18.2 Å². The zero-order valence-electron chi connectivity index (χ0n) is 14.4. The molecule has 1 aliphatic carbocycles. The first kappa shape index (κ1) is 16.0. The number of nitrogens with one attached hydrogen (secondary N) is 1. The molecule has 2 aliphatic rings. The van der Waals surface area contributed by atoms with Crippen molar-refractivity contribution < 1.29 is 9.31 Å². The van der Waals surface area contributed by atoms with E-state index in [0.29, 0.717) is 5.56 Å². The van der Waals surface area contributed by atoms with E-state index in [1.807, 2.05) is 24.3 Å². The third kappa shape index (κ3) is 2.42. The Morgan fingerprint density at radius 2 is 1.70 bits per heavy atom. The molecule has 5 rings (SSSR count). The predicted molar refractivity (Wildman–Crippen MR) is 101 cm³/mol. The maximum Gasteiger partial charge on any atom is 0.269 e. The number of anilines is 1. The highest BCUT2D eigenvalue weighted by Gasteiger charge is 2.44. The number of rotatable bonds is 2. The highest BCUT2D eigenvalue weighted by molar-refractivity contribution is 5.65. The molecular weight excluding hydrogens is 343 g/mol. The maximum atomic E-state index is 14.6. The monoisotopic (exact) mass is 360 g/mol. The van der Waals surface area contributed by atoms with E-state index in [-0.39, 0.29) is 34.3 Å². The van der Waals surface area contributed by atoms with Crippen molar-refractivity contribution in [1.82, 2.24) is 0 Å². The van der Waals surface area contributed by atoms with Crippen LogP contribution in [0.15, 0.2) is 66.7 Å². The molecule has 0 aromatic heterocycles.